The summed E-state index contributed by atoms with van der Waals surface area (Å²) < 4.78 is 0.887. The van der Waals surface area contributed by atoms with Gasteiger partial charge in [-0.25, -0.2) is 4.98 Å². The van der Waals surface area contributed by atoms with Crippen LogP contribution >= 0.6 is 38.9 Å². The van der Waals surface area contributed by atoms with Gasteiger partial charge in [-0.05, 0) is 18.2 Å². The zero-order valence-electron chi connectivity index (χ0n) is 8.48. The Balaban J connectivity index is 2.36. The van der Waals surface area contributed by atoms with E-state index in [4.69, 9.17) is 16.7 Å². The molecule has 3 nitrogen and oxygen atoms in total. The molecule has 0 unspecified atom stereocenters. The number of carboxylic acid groups (broad SMARTS) is 1. The zero-order valence-corrected chi connectivity index (χ0v) is 11.6. The number of benzene rings is 1. The Hall–Kier alpha value is -0.910. The molecule has 0 aliphatic heterocycles. The van der Waals surface area contributed by atoms with Crippen molar-refractivity contribution in [2.75, 3.05) is 0 Å². The van der Waals surface area contributed by atoms with E-state index in [1.165, 1.54) is 11.3 Å². The van der Waals surface area contributed by atoms with Crippen LogP contribution in [0.15, 0.2) is 28.1 Å². The normalized spacial score (nSPS) is 10.5. The second-order valence-electron chi connectivity index (χ2n) is 3.34. The van der Waals surface area contributed by atoms with Crippen LogP contribution in [-0.2, 0) is 11.2 Å². The molecule has 1 aromatic carbocycles. The number of nitrogens with zero attached hydrogens (tertiary/aromatic N) is 1. The SMILES string of the molecule is O=C(O)Cc1csc(-c2cc(Cl)ccc2Br)n1. The molecule has 1 N–H and O–H groups in total. The summed E-state index contributed by atoms with van der Waals surface area (Å²) in [6.07, 6.45) is -0.0608. The molecular weight excluding hydrogens is 326 g/mol. The number of hydrogen-bond acceptors (Lipinski definition) is 3. The first-order valence-electron chi connectivity index (χ1n) is 4.68. The number of rotatable bonds is 3. The van der Waals surface area contributed by atoms with Crippen LogP contribution in [-0.4, -0.2) is 16.1 Å². The van der Waals surface area contributed by atoms with Crippen molar-refractivity contribution in [1.29, 1.82) is 0 Å². The van der Waals surface area contributed by atoms with Gasteiger partial charge in [-0.3, -0.25) is 4.79 Å². The smallest absolute Gasteiger partial charge is 0.309 e. The van der Waals surface area contributed by atoms with Crippen molar-refractivity contribution < 1.29 is 9.90 Å². The number of hydrogen-bond donors (Lipinski definition) is 1. The monoisotopic (exact) mass is 331 g/mol. The molecule has 1 heterocycles. The summed E-state index contributed by atoms with van der Waals surface area (Å²) in [4.78, 5) is 14.8. The van der Waals surface area contributed by atoms with E-state index >= 15 is 0 Å². The molecule has 0 aliphatic rings. The minimum atomic E-state index is -0.882. The van der Waals surface area contributed by atoms with Crippen LogP contribution in [0.3, 0.4) is 0 Å². The highest BCUT2D eigenvalue weighted by Gasteiger charge is 2.10. The van der Waals surface area contributed by atoms with Gasteiger partial charge in [-0.2, -0.15) is 0 Å². The van der Waals surface area contributed by atoms with Crippen LogP contribution in [0.2, 0.25) is 5.02 Å². The minimum Gasteiger partial charge on any atom is -0.481 e. The van der Waals surface area contributed by atoms with E-state index in [0.29, 0.717) is 10.7 Å². The predicted octanol–water partition coefficient (Wildman–Crippen LogP) is 3.85. The molecule has 0 atom stereocenters. The molecule has 6 heteroatoms. The molecule has 0 amide bonds. The first-order valence-corrected chi connectivity index (χ1v) is 6.73. The molecule has 88 valence electrons. The van der Waals surface area contributed by atoms with E-state index in [9.17, 15) is 4.79 Å². The summed E-state index contributed by atoms with van der Waals surface area (Å²) >= 11 is 10.7. The van der Waals surface area contributed by atoms with Gasteiger partial charge in [0.2, 0.25) is 0 Å². The lowest BCUT2D eigenvalue weighted by Crippen LogP contribution is -1.99. The van der Waals surface area contributed by atoms with Crippen LogP contribution in [0.5, 0.6) is 0 Å². The summed E-state index contributed by atoms with van der Waals surface area (Å²) in [7, 11) is 0. The third-order valence-corrected chi connectivity index (χ3v) is 3.89. The number of thiazole rings is 1. The van der Waals surface area contributed by atoms with Gasteiger partial charge in [0.1, 0.15) is 5.01 Å². The van der Waals surface area contributed by atoms with Gasteiger partial charge in [-0.15, -0.1) is 11.3 Å². The molecule has 0 aliphatic carbocycles. The van der Waals surface area contributed by atoms with Gasteiger partial charge in [-0.1, -0.05) is 27.5 Å². The summed E-state index contributed by atoms with van der Waals surface area (Å²) in [5.74, 6) is -0.882. The van der Waals surface area contributed by atoms with Gasteiger partial charge >= 0.3 is 5.97 Å². The lowest BCUT2D eigenvalue weighted by atomic mass is 10.2. The molecule has 0 spiro atoms. The van der Waals surface area contributed by atoms with Crippen molar-refractivity contribution in [1.82, 2.24) is 4.98 Å². The first kappa shape index (κ1) is 12.5. The average Bonchev–Trinajstić information content (AvgIpc) is 2.69. The van der Waals surface area contributed by atoms with Crippen LogP contribution in [0, 0.1) is 0 Å². The average molecular weight is 333 g/mol. The van der Waals surface area contributed by atoms with E-state index in [2.05, 4.69) is 20.9 Å². The Bertz CT molecular complexity index is 570. The minimum absolute atomic E-state index is 0.0608. The maximum absolute atomic E-state index is 10.6. The van der Waals surface area contributed by atoms with Gasteiger partial charge in [0.25, 0.3) is 0 Å². The van der Waals surface area contributed by atoms with Gasteiger partial charge in [0.15, 0.2) is 0 Å². The fourth-order valence-corrected chi connectivity index (χ4v) is 2.92. The number of carbonyl (C=O) groups is 1. The van der Waals surface area contributed by atoms with Crippen LogP contribution in [0.1, 0.15) is 5.69 Å². The molecule has 0 saturated heterocycles. The Morgan fingerprint density at radius 1 is 1.53 bits per heavy atom. The molecule has 2 rings (SSSR count). The quantitative estimate of drug-likeness (QED) is 0.928. The van der Waals surface area contributed by atoms with E-state index in [0.717, 1.165) is 15.0 Å². The number of halogens is 2. The number of aromatic nitrogens is 1. The maximum Gasteiger partial charge on any atom is 0.309 e. The summed E-state index contributed by atoms with van der Waals surface area (Å²) in [6, 6.07) is 5.42. The van der Waals surface area contributed by atoms with Gasteiger partial charge in [0, 0.05) is 20.4 Å². The fourth-order valence-electron chi connectivity index (χ4n) is 1.33. The molecule has 2 aromatic rings. The predicted molar refractivity (Wildman–Crippen MR) is 71.6 cm³/mol. The second-order valence-corrected chi connectivity index (χ2v) is 5.49. The standard InChI is InChI=1S/C11H7BrClNO2S/c12-9-2-1-6(13)3-8(9)11-14-7(5-17-11)4-10(15)16/h1-3,5H,4H2,(H,15,16). The molecule has 1 aromatic heterocycles. The third-order valence-electron chi connectivity index (χ3n) is 2.04. The highest BCUT2D eigenvalue weighted by molar-refractivity contribution is 9.10. The largest absolute Gasteiger partial charge is 0.481 e. The van der Waals surface area contributed by atoms with E-state index in [1.807, 2.05) is 6.07 Å². The Labute approximate surface area is 115 Å². The third kappa shape index (κ3) is 3.06. The molecule has 0 fully saturated rings. The number of aliphatic carboxylic acids is 1. The Morgan fingerprint density at radius 3 is 3.00 bits per heavy atom. The molecule has 0 radical (unpaired) electrons. The van der Waals surface area contributed by atoms with E-state index in [1.54, 1.807) is 17.5 Å². The first-order chi connectivity index (χ1) is 8.06. The molecular formula is C11H7BrClNO2S. The van der Waals surface area contributed by atoms with Crippen molar-refractivity contribution in [3.8, 4) is 10.6 Å². The Morgan fingerprint density at radius 2 is 2.29 bits per heavy atom. The van der Waals surface area contributed by atoms with Crippen LogP contribution in [0.4, 0.5) is 0 Å². The fraction of sp³-hybridized carbons (Fsp3) is 0.0909. The van der Waals surface area contributed by atoms with Gasteiger partial charge < -0.3 is 5.11 Å². The summed E-state index contributed by atoms with van der Waals surface area (Å²) in [5, 5.41) is 11.8. The Kier molecular flexibility index (Phi) is 3.81. The topological polar surface area (TPSA) is 50.2 Å². The lowest BCUT2D eigenvalue weighted by molar-refractivity contribution is -0.136. The van der Waals surface area contributed by atoms with E-state index < -0.39 is 5.97 Å². The van der Waals surface area contributed by atoms with Crippen molar-refractivity contribution in [3.63, 3.8) is 0 Å². The second kappa shape index (κ2) is 5.16. The van der Waals surface area contributed by atoms with Crippen molar-refractivity contribution in [3.05, 3.63) is 38.8 Å². The van der Waals surface area contributed by atoms with Crippen LogP contribution in [0.25, 0.3) is 10.6 Å². The van der Waals surface area contributed by atoms with Crippen molar-refractivity contribution in [2.24, 2.45) is 0 Å². The van der Waals surface area contributed by atoms with Crippen molar-refractivity contribution >= 4 is 44.8 Å². The van der Waals surface area contributed by atoms with Gasteiger partial charge in [0.05, 0.1) is 12.1 Å². The molecule has 0 saturated carbocycles. The summed E-state index contributed by atoms with van der Waals surface area (Å²) in [5.41, 5.74) is 1.43. The van der Waals surface area contributed by atoms with Crippen molar-refractivity contribution in [2.45, 2.75) is 6.42 Å². The number of carboxylic acids is 1. The molecule has 17 heavy (non-hydrogen) atoms. The maximum atomic E-state index is 10.6. The van der Waals surface area contributed by atoms with E-state index in [-0.39, 0.29) is 6.42 Å². The summed E-state index contributed by atoms with van der Waals surface area (Å²) in [6.45, 7) is 0. The lowest BCUT2D eigenvalue weighted by Gasteiger charge is -2.00. The van der Waals surface area contributed by atoms with Crippen LogP contribution < -0.4 is 0 Å². The highest BCUT2D eigenvalue weighted by atomic mass is 79.9. The zero-order chi connectivity index (χ0) is 12.4. The molecule has 0 bridgehead atoms. The highest BCUT2D eigenvalue weighted by Crippen LogP contribution is 2.32.